The van der Waals surface area contributed by atoms with E-state index in [0.29, 0.717) is 31.8 Å². The molecule has 2 aliphatic rings. The highest BCUT2D eigenvalue weighted by Gasteiger charge is 2.38. The van der Waals surface area contributed by atoms with Crippen LogP contribution in [-0.4, -0.2) is 19.1 Å². The fourth-order valence-electron chi connectivity index (χ4n) is 3.15. The Morgan fingerprint density at radius 3 is 2.48 bits per heavy atom. The maximum Gasteiger partial charge on any atom is 0.248 e. The Morgan fingerprint density at radius 1 is 1.14 bits per heavy atom. The summed E-state index contributed by atoms with van der Waals surface area (Å²) in [6.07, 6.45) is 0.799. The molecule has 0 spiro atoms. The number of fused-ring (bicyclic) bond motifs is 1. The van der Waals surface area contributed by atoms with Crippen LogP contribution in [0.25, 0.3) is 0 Å². The minimum atomic E-state index is -2.53. The predicted molar refractivity (Wildman–Crippen MR) is 74.4 cm³/mol. The lowest BCUT2D eigenvalue weighted by atomic mass is 9.80. The normalized spacial score (nSPS) is 22.8. The van der Waals surface area contributed by atoms with Gasteiger partial charge in [-0.2, -0.15) is 0 Å². The third-order valence-electron chi connectivity index (χ3n) is 4.34. The molecule has 0 saturated heterocycles. The van der Waals surface area contributed by atoms with E-state index in [1.54, 1.807) is 0 Å². The molecule has 1 saturated carbocycles. The largest absolute Gasteiger partial charge is 0.486 e. The average Bonchev–Trinajstić information content (AvgIpc) is 2.49. The molecule has 0 aromatic heterocycles. The minimum absolute atomic E-state index is 0.0690. The Kier molecular flexibility index (Phi) is 3.99. The van der Waals surface area contributed by atoms with Crippen LogP contribution in [0.1, 0.15) is 37.3 Å². The van der Waals surface area contributed by atoms with Crippen LogP contribution < -0.4 is 20.7 Å². The first-order chi connectivity index (χ1) is 10.1. The Morgan fingerprint density at radius 2 is 1.81 bits per heavy atom. The molecule has 3 N–H and O–H groups in total. The topological polar surface area (TPSA) is 56.5 Å². The van der Waals surface area contributed by atoms with Gasteiger partial charge in [-0.05, 0) is 36.5 Å². The van der Waals surface area contributed by atoms with Gasteiger partial charge in [0.15, 0.2) is 11.5 Å². The second-order valence-corrected chi connectivity index (χ2v) is 5.74. The van der Waals surface area contributed by atoms with Gasteiger partial charge in [-0.3, -0.25) is 11.3 Å². The van der Waals surface area contributed by atoms with E-state index in [9.17, 15) is 8.78 Å². The van der Waals surface area contributed by atoms with Crippen LogP contribution in [-0.2, 0) is 0 Å². The van der Waals surface area contributed by atoms with Crippen LogP contribution in [0.15, 0.2) is 18.2 Å². The highest BCUT2D eigenvalue weighted by atomic mass is 19.3. The fourth-order valence-corrected chi connectivity index (χ4v) is 3.15. The van der Waals surface area contributed by atoms with Crippen LogP contribution in [0.3, 0.4) is 0 Å². The lowest BCUT2D eigenvalue weighted by Crippen LogP contribution is -2.37. The smallest absolute Gasteiger partial charge is 0.248 e. The van der Waals surface area contributed by atoms with Crippen molar-refractivity contribution in [2.75, 3.05) is 13.2 Å². The zero-order valence-electron chi connectivity index (χ0n) is 11.8. The van der Waals surface area contributed by atoms with E-state index >= 15 is 0 Å². The Hall–Kier alpha value is -1.40. The molecule has 116 valence electrons. The van der Waals surface area contributed by atoms with Crippen molar-refractivity contribution >= 4 is 0 Å². The zero-order chi connectivity index (χ0) is 14.9. The van der Waals surface area contributed by atoms with Crippen molar-refractivity contribution in [3.8, 4) is 11.5 Å². The molecule has 1 aliphatic carbocycles. The van der Waals surface area contributed by atoms with Gasteiger partial charge in [-0.15, -0.1) is 0 Å². The Labute approximate surface area is 122 Å². The molecule has 0 bridgehead atoms. The van der Waals surface area contributed by atoms with Crippen LogP contribution in [0, 0.1) is 5.92 Å². The van der Waals surface area contributed by atoms with Gasteiger partial charge in [0.1, 0.15) is 13.2 Å². The van der Waals surface area contributed by atoms with E-state index in [4.69, 9.17) is 15.3 Å². The first-order valence-corrected chi connectivity index (χ1v) is 7.32. The second-order valence-electron chi connectivity index (χ2n) is 5.74. The first-order valence-electron chi connectivity index (χ1n) is 7.32. The van der Waals surface area contributed by atoms with Crippen LogP contribution in [0.5, 0.6) is 11.5 Å². The molecule has 1 aromatic rings. The Bertz CT molecular complexity index is 500. The molecule has 0 radical (unpaired) electrons. The van der Waals surface area contributed by atoms with Gasteiger partial charge in [0, 0.05) is 18.9 Å². The molecule has 1 aliphatic heterocycles. The van der Waals surface area contributed by atoms with Crippen LogP contribution in [0.2, 0.25) is 0 Å². The van der Waals surface area contributed by atoms with Gasteiger partial charge in [0.25, 0.3) is 0 Å². The summed E-state index contributed by atoms with van der Waals surface area (Å²) in [7, 11) is 0. The van der Waals surface area contributed by atoms with Gasteiger partial charge in [0.2, 0.25) is 5.92 Å². The molecule has 21 heavy (non-hydrogen) atoms. The highest BCUT2D eigenvalue weighted by Crippen LogP contribution is 2.42. The number of halogens is 2. The maximum absolute atomic E-state index is 13.3. The lowest BCUT2D eigenvalue weighted by Gasteiger charge is -2.34. The minimum Gasteiger partial charge on any atom is -0.486 e. The summed E-state index contributed by atoms with van der Waals surface area (Å²) in [4.78, 5) is 0. The second kappa shape index (κ2) is 5.77. The quantitative estimate of drug-likeness (QED) is 0.665. The molecule has 1 fully saturated rings. The van der Waals surface area contributed by atoms with Gasteiger partial charge in [-0.1, -0.05) is 6.07 Å². The van der Waals surface area contributed by atoms with Crippen LogP contribution in [0.4, 0.5) is 8.78 Å². The third-order valence-corrected chi connectivity index (χ3v) is 4.34. The van der Waals surface area contributed by atoms with E-state index in [1.807, 2.05) is 18.2 Å². The number of ether oxygens (including phenoxy) is 2. The number of hydrogen-bond acceptors (Lipinski definition) is 4. The van der Waals surface area contributed by atoms with Crippen molar-refractivity contribution in [2.45, 2.75) is 37.6 Å². The summed E-state index contributed by atoms with van der Waals surface area (Å²) >= 11 is 0. The number of hydrogen-bond donors (Lipinski definition) is 2. The van der Waals surface area contributed by atoms with Crippen molar-refractivity contribution in [2.24, 2.45) is 11.8 Å². The van der Waals surface area contributed by atoms with Gasteiger partial charge >= 0.3 is 0 Å². The zero-order valence-corrected chi connectivity index (χ0v) is 11.8. The van der Waals surface area contributed by atoms with Crippen molar-refractivity contribution < 1.29 is 18.3 Å². The number of alkyl halides is 2. The molecule has 1 heterocycles. The van der Waals surface area contributed by atoms with E-state index in [0.717, 1.165) is 11.3 Å². The van der Waals surface area contributed by atoms with E-state index in [-0.39, 0.29) is 24.8 Å². The highest BCUT2D eigenvalue weighted by molar-refractivity contribution is 5.44. The van der Waals surface area contributed by atoms with Crippen molar-refractivity contribution in [1.82, 2.24) is 5.43 Å². The number of benzene rings is 1. The monoisotopic (exact) mass is 298 g/mol. The molecule has 0 amide bonds. The lowest BCUT2D eigenvalue weighted by molar-refractivity contribution is -0.0498. The summed E-state index contributed by atoms with van der Waals surface area (Å²) in [5.74, 6) is 4.67. The number of nitrogens with one attached hydrogen (secondary N) is 1. The molecule has 1 unspecified atom stereocenters. The van der Waals surface area contributed by atoms with E-state index in [2.05, 4.69) is 5.43 Å². The summed E-state index contributed by atoms with van der Waals surface area (Å²) in [5, 5.41) is 0. The molecule has 1 atom stereocenters. The van der Waals surface area contributed by atoms with Gasteiger partial charge in [0.05, 0.1) is 0 Å². The molecule has 6 heteroatoms. The average molecular weight is 298 g/mol. The van der Waals surface area contributed by atoms with Gasteiger partial charge in [-0.25, -0.2) is 8.78 Å². The SMILES string of the molecule is NNC(c1ccc2c(c1)OCCO2)C1CCC(F)(F)CC1. The summed E-state index contributed by atoms with van der Waals surface area (Å²) in [6.45, 7) is 1.06. The molecule has 3 rings (SSSR count). The molecule has 1 aromatic carbocycles. The van der Waals surface area contributed by atoms with E-state index in [1.165, 1.54) is 0 Å². The first kappa shape index (κ1) is 14.5. The molecular formula is C15H20F2N2O2. The fraction of sp³-hybridized carbons (Fsp3) is 0.600. The maximum atomic E-state index is 13.3. The summed E-state index contributed by atoms with van der Waals surface area (Å²) in [5.41, 5.74) is 3.74. The van der Waals surface area contributed by atoms with Crippen molar-refractivity contribution in [3.63, 3.8) is 0 Å². The predicted octanol–water partition coefficient (Wildman–Crippen LogP) is 2.79. The molecular weight excluding hydrogens is 278 g/mol. The van der Waals surface area contributed by atoms with Crippen LogP contribution >= 0.6 is 0 Å². The van der Waals surface area contributed by atoms with Gasteiger partial charge < -0.3 is 9.47 Å². The summed E-state index contributed by atoms with van der Waals surface area (Å²) in [6, 6.07) is 5.53. The van der Waals surface area contributed by atoms with E-state index < -0.39 is 5.92 Å². The number of rotatable bonds is 3. The number of nitrogens with two attached hydrogens (primary N) is 1. The number of hydrazine groups is 1. The third kappa shape index (κ3) is 3.11. The standard InChI is InChI=1S/C15H20F2N2O2/c16-15(17)5-3-10(4-6-15)14(19-18)11-1-2-12-13(9-11)21-8-7-20-12/h1-2,9-10,14,19H,3-8,18H2. The van der Waals surface area contributed by atoms with Crippen molar-refractivity contribution in [1.29, 1.82) is 0 Å². The Balaban J connectivity index is 1.77. The van der Waals surface area contributed by atoms with Crippen molar-refractivity contribution in [3.05, 3.63) is 23.8 Å². The summed E-state index contributed by atoms with van der Waals surface area (Å²) < 4.78 is 37.6. The molecule has 4 nitrogen and oxygen atoms in total.